The zero-order chi connectivity index (χ0) is 14.4. The van der Waals surface area contributed by atoms with E-state index in [0.29, 0.717) is 6.04 Å². The van der Waals surface area contributed by atoms with Gasteiger partial charge < -0.3 is 10.3 Å². The lowest BCUT2D eigenvalue weighted by atomic mass is 9.92. The van der Waals surface area contributed by atoms with Crippen molar-refractivity contribution in [1.82, 2.24) is 20.2 Å². The Kier molecular flexibility index (Phi) is 5.59. The molecule has 2 N–H and O–H groups in total. The van der Waals surface area contributed by atoms with Crippen LogP contribution in [0.25, 0.3) is 0 Å². The molecule has 0 unspecified atom stereocenters. The van der Waals surface area contributed by atoms with E-state index in [1.165, 1.54) is 0 Å². The van der Waals surface area contributed by atoms with Crippen LogP contribution in [0.1, 0.15) is 45.2 Å². The maximum Gasteiger partial charge on any atom is 0.224 e. The largest absolute Gasteiger partial charge is 0.356 e. The molecule has 0 spiro atoms. The molecule has 2 heterocycles. The fourth-order valence-corrected chi connectivity index (χ4v) is 2.74. The normalized spacial score (nSPS) is 23.7. The zero-order valence-electron chi connectivity index (χ0n) is 12.6. The third kappa shape index (κ3) is 4.07. The Morgan fingerprint density at radius 1 is 1.55 bits per heavy atom. The highest BCUT2D eigenvalue weighted by molar-refractivity contribution is 5.78. The van der Waals surface area contributed by atoms with Gasteiger partial charge in [0.05, 0.1) is 12.2 Å². The molecule has 2 rings (SSSR count). The van der Waals surface area contributed by atoms with Crippen molar-refractivity contribution in [2.24, 2.45) is 5.92 Å². The monoisotopic (exact) mass is 278 g/mol. The first-order valence-electron chi connectivity index (χ1n) is 7.69. The lowest BCUT2D eigenvalue weighted by Gasteiger charge is -2.37. The summed E-state index contributed by atoms with van der Waals surface area (Å²) in [5.41, 5.74) is 1.11. The van der Waals surface area contributed by atoms with Crippen LogP contribution < -0.4 is 5.32 Å². The SMILES string of the molecule is CCCCNC(=O)[C@@H]1CC[C@@H](C)N(Cc2cnc[nH]2)C1. The first-order chi connectivity index (χ1) is 9.70. The van der Waals surface area contributed by atoms with Gasteiger partial charge in [0.2, 0.25) is 5.91 Å². The van der Waals surface area contributed by atoms with Gasteiger partial charge in [0.1, 0.15) is 0 Å². The molecule has 1 aliphatic heterocycles. The summed E-state index contributed by atoms with van der Waals surface area (Å²) in [5.74, 6) is 0.353. The number of carbonyl (C=O) groups is 1. The number of nitrogens with zero attached hydrogens (tertiary/aromatic N) is 2. The highest BCUT2D eigenvalue weighted by Gasteiger charge is 2.29. The maximum atomic E-state index is 12.2. The molecule has 1 saturated heterocycles. The van der Waals surface area contributed by atoms with E-state index >= 15 is 0 Å². The Morgan fingerprint density at radius 2 is 2.40 bits per heavy atom. The van der Waals surface area contributed by atoms with E-state index in [2.05, 4.69) is 34.0 Å². The highest BCUT2D eigenvalue weighted by atomic mass is 16.1. The fraction of sp³-hybridized carbons (Fsp3) is 0.733. The molecule has 112 valence electrons. The molecular formula is C15H26N4O. The van der Waals surface area contributed by atoms with Gasteiger partial charge in [-0.2, -0.15) is 0 Å². The summed E-state index contributed by atoms with van der Waals surface area (Å²) in [6, 6.07) is 0.526. The molecular weight excluding hydrogens is 252 g/mol. The van der Waals surface area contributed by atoms with Crippen LogP contribution in [0, 0.1) is 5.92 Å². The van der Waals surface area contributed by atoms with E-state index in [1.54, 1.807) is 6.33 Å². The molecule has 0 saturated carbocycles. The van der Waals surface area contributed by atoms with Crippen LogP contribution in [0.15, 0.2) is 12.5 Å². The minimum Gasteiger partial charge on any atom is -0.356 e. The van der Waals surface area contributed by atoms with Crippen molar-refractivity contribution in [2.75, 3.05) is 13.1 Å². The van der Waals surface area contributed by atoms with E-state index < -0.39 is 0 Å². The van der Waals surface area contributed by atoms with E-state index in [4.69, 9.17) is 0 Å². The van der Waals surface area contributed by atoms with Crippen molar-refractivity contribution >= 4 is 5.91 Å². The molecule has 1 aromatic heterocycles. The summed E-state index contributed by atoms with van der Waals surface area (Å²) < 4.78 is 0. The number of aromatic nitrogens is 2. The van der Waals surface area contributed by atoms with Crippen LogP contribution in [-0.2, 0) is 11.3 Å². The number of H-pyrrole nitrogens is 1. The molecule has 5 heteroatoms. The maximum absolute atomic E-state index is 12.2. The first-order valence-corrected chi connectivity index (χ1v) is 7.69. The number of piperidine rings is 1. The number of rotatable bonds is 6. The molecule has 0 bridgehead atoms. The molecule has 0 aromatic carbocycles. The van der Waals surface area contributed by atoms with Gasteiger partial charge in [-0.15, -0.1) is 0 Å². The number of unbranched alkanes of at least 4 members (excludes halogenated alkanes) is 1. The third-order valence-corrected chi connectivity index (χ3v) is 4.14. The fourth-order valence-electron chi connectivity index (χ4n) is 2.74. The molecule has 1 aliphatic rings. The number of imidazole rings is 1. The second kappa shape index (κ2) is 7.43. The molecule has 1 amide bonds. The van der Waals surface area contributed by atoms with Gasteiger partial charge in [-0.1, -0.05) is 13.3 Å². The van der Waals surface area contributed by atoms with Crippen molar-refractivity contribution in [3.05, 3.63) is 18.2 Å². The van der Waals surface area contributed by atoms with Crippen molar-refractivity contribution in [2.45, 2.75) is 52.1 Å². The summed E-state index contributed by atoms with van der Waals surface area (Å²) >= 11 is 0. The Hall–Kier alpha value is -1.36. The van der Waals surface area contributed by atoms with Gasteiger partial charge in [-0.05, 0) is 26.2 Å². The molecule has 1 aromatic rings. The van der Waals surface area contributed by atoms with Crippen molar-refractivity contribution < 1.29 is 4.79 Å². The Labute approximate surface area is 121 Å². The second-order valence-corrected chi connectivity index (χ2v) is 5.77. The Morgan fingerprint density at radius 3 is 3.10 bits per heavy atom. The lowest BCUT2D eigenvalue weighted by Crippen LogP contribution is -2.46. The third-order valence-electron chi connectivity index (χ3n) is 4.14. The number of carbonyl (C=O) groups excluding carboxylic acids is 1. The second-order valence-electron chi connectivity index (χ2n) is 5.77. The van der Waals surface area contributed by atoms with Gasteiger partial charge in [0.15, 0.2) is 0 Å². The van der Waals surface area contributed by atoms with E-state index in [1.807, 2.05) is 6.20 Å². The van der Waals surface area contributed by atoms with Gasteiger partial charge >= 0.3 is 0 Å². The number of aromatic amines is 1. The quantitative estimate of drug-likeness (QED) is 0.782. The van der Waals surface area contributed by atoms with E-state index in [9.17, 15) is 4.79 Å². The molecule has 20 heavy (non-hydrogen) atoms. The molecule has 0 radical (unpaired) electrons. The minimum absolute atomic E-state index is 0.131. The lowest BCUT2D eigenvalue weighted by molar-refractivity contribution is -0.127. The average molecular weight is 278 g/mol. The molecule has 5 nitrogen and oxygen atoms in total. The first kappa shape index (κ1) is 15.0. The topological polar surface area (TPSA) is 61.0 Å². The van der Waals surface area contributed by atoms with Crippen molar-refractivity contribution in [1.29, 1.82) is 0 Å². The van der Waals surface area contributed by atoms with Gasteiger partial charge in [-0.3, -0.25) is 9.69 Å². The number of nitrogens with one attached hydrogen (secondary N) is 2. The predicted molar refractivity (Wildman–Crippen MR) is 79.1 cm³/mol. The molecule has 0 aliphatic carbocycles. The van der Waals surface area contributed by atoms with Crippen LogP contribution in [-0.4, -0.2) is 39.9 Å². The summed E-state index contributed by atoms with van der Waals surface area (Å²) in [7, 11) is 0. The molecule has 1 fully saturated rings. The summed E-state index contributed by atoms with van der Waals surface area (Å²) in [6.45, 7) is 6.88. The van der Waals surface area contributed by atoms with E-state index in [-0.39, 0.29) is 11.8 Å². The summed E-state index contributed by atoms with van der Waals surface area (Å²) in [4.78, 5) is 21.7. The van der Waals surface area contributed by atoms with Gasteiger partial charge in [0.25, 0.3) is 0 Å². The zero-order valence-corrected chi connectivity index (χ0v) is 12.6. The van der Waals surface area contributed by atoms with Crippen LogP contribution in [0.5, 0.6) is 0 Å². The van der Waals surface area contributed by atoms with E-state index in [0.717, 1.165) is 51.0 Å². The standard InChI is InChI=1S/C15H26N4O/c1-3-4-7-17-15(20)13-6-5-12(2)19(9-13)10-14-8-16-11-18-14/h8,11-13H,3-7,9-10H2,1-2H3,(H,16,18)(H,17,20)/t12-,13-/m1/s1. The highest BCUT2D eigenvalue weighted by Crippen LogP contribution is 2.23. The number of amides is 1. The number of likely N-dealkylation sites (tertiary alicyclic amines) is 1. The number of hydrogen-bond donors (Lipinski definition) is 2. The average Bonchev–Trinajstić information content (AvgIpc) is 2.94. The predicted octanol–water partition coefficient (Wildman–Crippen LogP) is 1.93. The summed E-state index contributed by atoms with van der Waals surface area (Å²) in [5, 5.41) is 3.06. The smallest absolute Gasteiger partial charge is 0.224 e. The van der Waals surface area contributed by atoms with Gasteiger partial charge in [0, 0.05) is 37.6 Å². The minimum atomic E-state index is 0.131. The van der Waals surface area contributed by atoms with Crippen LogP contribution in [0.2, 0.25) is 0 Å². The van der Waals surface area contributed by atoms with Crippen molar-refractivity contribution in [3.63, 3.8) is 0 Å². The van der Waals surface area contributed by atoms with Crippen LogP contribution in [0.3, 0.4) is 0 Å². The molecule has 2 atom stereocenters. The van der Waals surface area contributed by atoms with Gasteiger partial charge in [-0.25, -0.2) is 4.98 Å². The van der Waals surface area contributed by atoms with Crippen molar-refractivity contribution in [3.8, 4) is 0 Å². The van der Waals surface area contributed by atoms with Crippen LogP contribution in [0.4, 0.5) is 0 Å². The number of hydrogen-bond acceptors (Lipinski definition) is 3. The Balaban J connectivity index is 1.85. The van der Waals surface area contributed by atoms with Crippen LogP contribution >= 0.6 is 0 Å². The Bertz CT molecular complexity index is 404. The summed E-state index contributed by atoms with van der Waals surface area (Å²) in [6.07, 6.45) is 7.83.